The third kappa shape index (κ3) is 4.40. The highest BCUT2D eigenvalue weighted by Gasteiger charge is 2.20. The molecule has 1 aliphatic heterocycles. The molecule has 0 spiro atoms. The molecule has 0 aliphatic carbocycles. The van der Waals surface area contributed by atoms with Crippen LogP contribution in [0.1, 0.15) is 6.42 Å². The van der Waals surface area contributed by atoms with Gasteiger partial charge in [0.1, 0.15) is 6.54 Å². The average molecular weight is 246 g/mol. The van der Waals surface area contributed by atoms with Crippen LogP contribution in [0.25, 0.3) is 0 Å². The molecule has 0 saturated carbocycles. The van der Waals surface area contributed by atoms with Gasteiger partial charge in [0.2, 0.25) is 5.91 Å². The van der Waals surface area contributed by atoms with Crippen LogP contribution in [-0.2, 0) is 14.3 Å². The minimum Gasteiger partial charge on any atom is -0.468 e. The van der Waals surface area contributed by atoms with E-state index in [2.05, 4.69) is 10.1 Å². The summed E-state index contributed by atoms with van der Waals surface area (Å²) in [6.45, 7) is 0.971. The zero-order chi connectivity index (χ0) is 12.0. The van der Waals surface area contributed by atoms with E-state index in [4.69, 9.17) is 0 Å². The van der Waals surface area contributed by atoms with Crippen molar-refractivity contribution in [2.45, 2.75) is 12.5 Å². The summed E-state index contributed by atoms with van der Waals surface area (Å²) in [5.74, 6) is 1.65. The fraction of sp³-hybridized carbons (Fsp3) is 0.800. The van der Waals surface area contributed by atoms with Crippen molar-refractivity contribution in [1.82, 2.24) is 10.2 Å². The fourth-order valence-corrected chi connectivity index (χ4v) is 2.41. The van der Waals surface area contributed by atoms with Gasteiger partial charge < -0.3 is 15.0 Å². The zero-order valence-corrected chi connectivity index (χ0v) is 10.5. The van der Waals surface area contributed by atoms with Crippen molar-refractivity contribution in [2.24, 2.45) is 0 Å². The molecule has 92 valence electrons. The van der Waals surface area contributed by atoms with Crippen molar-refractivity contribution in [1.29, 1.82) is 0 Å². The number of esters is 1. The van der Waals surface area contributed by atoms with Gasteiger partial charge in [-0.25, -0.2) is 0 Å². The summed E-state index contributed by atoms with van der Waals surface area (Å²) in [5.41, 5.74) is 0. The van der Waals surface area contributed by atoms with Crippen molar-refractivity contribution in [2.75, 3.05) is 38.8 Å². The van der Waals surface area contributed by atoms with Crippen molar-refractivity contribution in [3.8, 4) is 0 Å². The van der Waals surface area contributed by atoms with E-state index in [9.17, 15) is 9.59 Å². The number of hydrogen-bond donors (Lipinski definition) is 1. The molecular weight excluding hydrogens is 228 g/mol. The molecule has 5 nitrogen and oxygen atoms in total. The lowest BCUT2D eigenvalue weighted by Gasteiger charge is -2.24. The molecular formula is C10H18N2O3S. The van der Waals surface area contributed by atoms with Crippen LogP contribution in [0.4, 0.5) is 0 Å². The van der Waals surface area contributed by atoms with Gasteiger partial charge in [0.25, 0.3) is 0 Å². The standard InChI is InChI=1S/C10H18N2O3S/c1-12(6-10(14)15-2)9(13)5-8-7-16-4-3-11-8/h8,11H,3-7H2,1-2H3. The molecule has 1 unspecified atom stereocenters. The molecule has 1 saturated heterocycles. The highest BCUT2D eigenvalue weighted by molar-refractivity contribution is 7.99. The highest BCUT2D eigenvalue weighted by atomic mass is 32.2. The van der Waals surface area contributed by atoms with Gasteiger partial charge in [-0.2, -0.15) is 11.8 Å². The molecule has 16 heavy (non-hydrogen) atoms. The smallest absolute Gasteiger partial charge is 0.325 e. The Morgan fingerprint density at radius 2 is 2.31 bits per heavy atom. The maximum Gasteiger partial charge on any atom is 0.325 e. The molecule has 6 heteroatoms. The summed E-state index contributed by atoms with van der Waals surface area (Å²) in [7, 11) is 2.94. The molecule has 1 aliphatic rings. The summed E-state index contributed by atoms with van der Waals surface area (Å²) in [5, 5.41) is 3.29. The number of carbonyl (C=O) groups excluding carboxylic acids is 2. The highest BCUT2D eigenvalue weighted by Crippen LogP contribution is 2.11. The number of ether oxygens (including phenoxy) is 1. The maximum absolute atomic E-state index is 11.7. The van der Waals surface area contributed by atoms with Crippen LogP contribution in [0.15, 0.2) is 0 Å². The van der Waals surface area contributed by atoms with Gasteiger partial charge >= 0.3 is 5.97 Å². The van der Waals surface area contributed by atoms with Crippen molar-refractivity contribution in [3.05, 3.63) is 0 Å². The van der Waals surface area contributed by atoms with Crippen LogP contribution in [0.5, 0.6) is 0 Å². The fourth-order valence-electron chi connectivity index (χ4n) is 1.46. The third-order valence-corrected chi connectivity index (χ3v) is 3.57. The van der Waals surface area contributed by atoms with Gasteiger partial charge in [0.15, 0.2) is 0 Å². The van der Waals surface area contributed by atoms with Crippen molar-refractivity contribution in [3.63, 3.8) is 0 Å². The van der Waals surface area contributed by atoms with Crippen LogP contribution in [0.3, 0.4) is 0 Å². The van der Waals surface area contributed by atoms with Gasteiger partial charge in [-0.3, -0.25) is 9.59 Å². The molecule has 0 aromatic carbocycles. The molecule has 0 bridgehead atoms. The molecule has 1 fully saturated rings. The van der Waals surface area contributed by atoms with E-state index in [-0.39, 0.29) is 24.5 Å². The first kappa shape index (κ1) is 13.3. The van der Waals surface area contributed by atoms with Crippen LogP contribution >= 0.6 is 11.8 Å². The molecule has 1 atom stereocenters. The number of amides is 1. The number of rotatable bonds is 4. The van der Waals surface area contributed by atoms with Gasteiger partial charge in [0.05, 0.1) is 7.11 Å². The monoisotopic (exact) mass is 246 g/mol. The van der Waals surface area contributed by atoms with Gasteiger partial charge in [-0.1, -0.05) is 0 Å². The van der Waals surface area contributed by atoms with Crippen LogP contribution < -0.4 is 5.32 Å². The van der Waals surface area contributed by atoms with Crippen molar-refractivity contribution < 1.29 is 14.3 Å². The number of carbonyl (C=O) groups is 2. The largest absolute Gasteiger partial charge is 0.468 e. The molecule has 0 aromatic heterocycles. The van der Waals surface area contributed by atoms with E-state index in [0.717, 1.165) is 18.1 Å². The number of thioether (sulfide) groups is 1. The Morgan fingerprint density at radius 3 is 2.88 bits per heavy atom. The topological polar surface area (TPSA) is 58.6 Å². The van der Waals surface area contributed by atoms with Crippen LogP contribution in [0, 0.1) is 0 Å². The van der Waals surface area contributed by atoms with Crippen molar-refractivity contribution >= 4 is 23.6 Å². The molecule has 1 heterocycles. The van der Waals surface area contributed by atoms with Crippen LogP contribution in [-0.4, -0.2) is 61.6 Å². The Hall–Kier alpha value is -0.750. The summed E-state index contributed by atoms with van der Waals surface area (Å²) in [6.07, 6.45) is 0.445. The minimum atomic E-state index is -0.387. The quantitative estimate of drug-likeness (QED) is 0.691. The van der Waals surface area contributed by atoms with E-state index < -0.39 is 0 Å². The molecule has 1 N–H and O–H groups in total. The number of hydrogen-bond acceptors (Lipinski definition) is 5. The van der Waals surface area contributed by atoms with E-state index in [0.29, 0.717) is 6.42 Å². The van der Waals surface area contributed by atoms with E-state index in [1.807, 2.05) is 11.8 Å². The SMILES string of the molecule is COC(=O)CN(C)C(=O)CC1CSCCN1. The summed E-state index contributed by atoms with van der Waals surface area (Å²) in [6, 6.07) is 0.228. The first-order chi connectivity index (χ1) is 7.63. The minimum absolute atomic E-state index is 0.0228. The lowest BCUT2D eigenvalue weighted by molar-refractivity contribution is -0.146. The predicted octanol–water partition coefficient (Wildman–Crippen LogP) is -0.287. The second-order valence-corrected chi connectivity index (χ2v) is 4.91. The average Bonchev–Trinajstić information content (AvgIpc) is 2.30. The first-order valence-corrected chi connectivity index (χ1v) is 6.41. The lowest BCUT2D eigenvalue weighted by atomic mass is 10.2. The Bertz CT molecular complexity index is 254. The number of nitrogens with one attached hydrogen (secondary N) is 1. The van der Waals surface area contributed by atoms with Gasteiger partial charge in [-0.05, 0) is 0 Å². The maximum atomic E-state index is 11.7. The van der Waals surface area contributed by atoms with Gasteiger partial charge in [0, 0.05) is 37.6 Å². The molecule has 0 radical (unpaired) electrons. The van der Waals surface area contributed by atoms with E-state index in [1.54, 1.807) is 7.05 Å². The number of nitrogens with zero attached hydrogens (tertiary/aromatic N) is 1. The second-order valence-electron chi connectivity index (χ2n) is 3.76. The predicted molar refractivity (Wildman–Crippen MR) is 63.4 cm³/mol. The van der Waals surface area contributed by atoms with E-state index in [1.165, 1.54) is 12.0 Å². The molecule has 1 rings (SSSR count). The third-order valence-electron chi connectivity index (χ3n) is 2.44. The Labute approximate surface area is 99.9 Å². The number of likely N-dealkylation sites (N-methyl/N-ethyl adjacent to an activating group) is 1. The Kier molecular flexibility index (Phi) is 5.62. The lowest BCUT2D eigenvalue weighted by Crippen LogP contribution is -2.42. The molecule has 1 amide bonds. The summed E-state index contributed by atoms with van der Waals surface area (Å²) in [4.78, 5) is 24.1. The second kappa shape index (κ2) is 6.75. The summed E-state index contributed by atoms with van der Waals surface area (Å²) >= 11 is 1.85. The summed E-state index contributed by atoms with van der Waals surface area (Å²) < 4.78 is 4.51. The first-order valence-electron chi connectivity index (χ1n) is 5.25. The van der Waals surface area contributed by atoms with Crippen LogP contribution in [0.2, 0.25) is 0 Å². The van der Waals surface area contributed by atoms with E-state index >= 15 is 0 Å². The van der Waals surface area contributed by atoms with Gasteiger partial charge in [-0.15, -0.1) is 0 Å². The molecule has 0 aromatic rings. The Balaban J connectivity index is 2.29. The zero-order valence-electron chi connectivity index (χ0n) is 9.69. The number of methoxy groups -OCH3 is 1. The normalized spacial score (nSPS) is 20.2. The Morgan fingerprint density at radius 1 is 1.56 bits per heavy atom.